The molecule has 3 nitrogen and oxygen atoms in total. The standard InChI is InChI=1S/C12H14FNO2S/c13-10-7-4-8-11(12(10)14(15)16)17-9-5-2-1-3-6-9/h4,7-9H,1-3,5-6H2. The molecule has 0 atom stereocenters. The first-order valence-corrected chi connectivity index (χ1v) is 6.66. The molecule has 1 aliphatic rings. The number of thioether (sulfide) groups is 1. The number of nitrogens with zero attached hydrogens (tertiary/aromatic N) is 1. The van der Waals surface area contributed by atoms with Crippen molar-refractivity contribution in [3.8, 4) is 0 Å². The topological polar surface area (TPSA) is 43.1 Å². The Morgan fingerprint density at radius 1 is 1.29 bits per heavy atom. The van der Waals surface area contributed by atoms with Crippen LogP contribution in [0.2, 0.25) is 0 Å². The first-order valence-electron chi connectivity index (χ1n) is 5.78. The van der Waals surface area contributed by atoms with E-state index in [1.54, 1.807) is 6.07 Å². The number of para-hydroxylation sites is 1. The number of benzene rings is 1. The van der Waals surface area contributed by atoms with Crippen molar-refractivity contribution < 1.29 is 9.31 Å². The van der Waals surface area contributed by atoms with Gasteiger partial charge in [-0.3, -0.25) is 10.1 Å². The van der Waals surface area contributed by atoms with Gasteiger partial charge in [-0.25, -0.2) is 0 Å². The maximum Gasteiger partial charge on any atom is 0.318 e. The van der Waals surface area contributed by atoms with Crippen molar-refractivity contribution in [2.24, 2.45) is 0 Å². The molecule has 1 aromatic rings. The van der Waals surface area contributed by atoms with Gasteiger partial charge in [0.25, 0.3) is 0 Å². The van der Waals surface area contributed by atoms with Crippen LogP contribution in [-0.4, -0.2) is 10.2 Å². The number of nitro groups is 1. The van der Waals surface area contributed by atoms with Crippen LogP contribution in [-0.2, 0) is 0 Å². The molecule has 5 heteroatoms. The molecule has 0 N–H and O–H groups in total. The van der Waals surface area contributed by atoms with Crippen LogP contribution in [0.25, 0.3) is 0 Å². The predicted molar refractivity (Wildman–Crippen MR) is 65.8 cm³/mol. The zero-order valence-corrected chi connectivity index (χ0v) is 10.2. The van der Waals surface area contributed by atoms with E-state index in [2.05, 4.69) is 0 Å². The molecule has 0 unspecified atom stereocenters. The van der Waals surface area contributed by atoms with Crippen molar-refractivity contribution in [1.82, 2.24) is 0 Å². The van der Waals surface area contributed by atoms with Crippen molar-refractivity contribution in [2.45, 2.75) is 42.2 Å². The molecule has 0 spiro atoms. The summed E-state index contributed by atoms with van der Waals surface area (Å²) < 4.78 is 13.4. The highest BCUT2D eigenvalue weighted by Gasteiger charge is 2.23. The predicted octanol–water partition coefficient (Wildman–Crippen LogP) is 4.16. The van der Waals surface area contributed by atoms with Gasteiger partial charge < -0.3 is 0 Å². The fourth-order valence-electron chi connectivity index (χ4n) is 2.13. The number of hydrogen-bond acceptors (Lipinski definition) is 3. The van der Waals surface area contributed by atoms with E-state index in [4.69, 9.17) is 0 Å². The molecule has 1 aromatic carbocycles. The number of nitro benzene ring substituents is 1. The summed E-state index contributed by atoms with van der Waals surface area (Å²) in [4.78, 5) is 10.7. The van der Waals surface area contributed by atoms with E-state index in [0.717, 1.165) is 18.9 Å². The Morgan fingerprint density at radius 2 is 2.00 bits per heavy atom. The second-order valence-corrected chi connectivity index (χ2v) is 5.56. The van der Waals surface area contributed by atoms with Crippen molar-refractivity contribution in [3.05, 3.63) is 34.1 Å². The Labute approximate surface area is 104 Å². The van der Waals surface area contributed by atoms with Crippen LogP contribution in [0.15, 0.2) is 23.1 Å². The Morgan fingerprint density at radius 3 is 2.65 bits per heavy atom. The summed E-state index contributed by atoms with van der Waals surface area (Å²) in [7, 11) is 0. The fraction of sp³-hybridized carbons (Fsp3) is 0.500. The molecule has 0 bridgehead atoms. The highest BCUT2D eigenvalue weighted by atomic mass is 32.2. The minimum Gasteiger partial charge on any atom is -0.258 e. The van der Waals surface area contributed by atoms with Gasteiger partial charge in [-0.1, -0.05) is 25.3 Å². The molecule has 1 fully saturated rings. The Bertz CT molecular complexity index is 419. The molecule has 0 aliphatic heterocycles. The van der Waals surface area contributed by atoms with Gasteiger partial charge in [0.15, 0.2) is 0 Å². The average molecular weight is 255 g/mol. The average Bonchev–Trinajstić information content (AvgIpc) is 2.30. The van der Waals surface area contributed by atoms with Gasteiger partial charge >= 0.3 is 5.69 Å². The molecule has 0 saturated heterocycles. The van der Waals surface area contributed by atoms with Gasteiger partial charge in [-0.05, 0) is 25.0 Å². The van der Waals surface area contributed by atoms with E-state index in [1.807, 2.05) is 0 Å². The lowest BCUT2D eigenvalue weighted by Crippen LogP contribution is -2.08. The maximum atomic E-state index is 13.4. The van der Waals surface area contributed by atoms with Crippen LogP contribution in [0, 0.1) is 15.9 Å². The van der Waals surface area contributed by atoms with E-state index in [0.29, 0.717) is 10.1 Å². The smallest absolute Gasteiger partial charge is 0.258 e. The second-order valence-electron chi connectivity index (χ2n) is 4.22. The summed E-state index contributed by atoms with van der Waals surface area (Å²) in [5, 5.41) is 11.2. The van der Waals surface area contributed by atoms with Crippen molar-refractivity contribution in [2.75, 3.05) is 0 Å². The van der Waals surface area contributed by atoms with Crippen LogP contribution >= 0.6 is 11.8 Å². The lowest BCUT2D eigenvalue weighted by atomic mass is 10.0. The maximum absolute atomic E-state index is 13.4. The Kier molecular flexibility index (Phi) is 3.99. The van der Waals surface area contributed by atoms with Crippen molar-refractivity contribution in [3.63, 3.8) is 0 Å². The molecular weight excluding hydrogens is 241 g/mol. The molecule has 1 aliphatic carbocycles. The van der Waals surface area contributed by atoms with Crippen LogP contribution < -0.4 is 0 Å². The molecule has 0 radical (unpaired) electrons. The lowest BCUT2D eigenvalue weighted by molar-refractivity contribution is -0.390. The van der Waals surface area contributed by atoms with Crippen molar-refractivity contribution in [1.29, 1.82) is 0 Å². The van der Waals surface area contributed by atoms with Gasteiger partial charge in [0.2, 0.25) is 5.82 Å². The molecule has 0 aromatic heterocycles. The third-order valence-corrected chi connectivity index (χ3v) is 4.37. The van der Waals surface area contributed by atoms with Gasteiger partial charge in [0.05, 0.1) is 9.82 Å². The van der Waals surface area contributed by atoms with Crippen LogP contribution in [0.5, 0.6) is 0 Å². The zero-order chi connectivity index (χ0) is 12.3. The van der Waals surface area contributed by atoms with E-state index >= 15 is 0 Å². The van der Waals surface area contributed by atoms with E-state index < -0.39 is 10.7 Å². The number of rotatable bonds is 3. The summed E-state index contributed by atoms with van der Waals surface area (Å²) in [6, 6.07) is 4.32. The first-order chi connectivity index (χ1) is 8.18. The monoisotopic (exact) mass is 255 g/mol. The number of halogens is 1. The number of hydrogen-bond donors (Lipinski definition) is 0. The highest BCUT2D eigenvalue weighted by Crippen LogP contribution is 2.38. The molecule has 1 saturated carbocycles. The molecule has 0 heterocycles. The van der Waals surface area contributed by atoms with Crippen LogP contribution in [0.4, 0.5) is 10.1 Å². The van der Waals surface area contributed by atoms with Gasteiger partial charge in [-0.15, -0.1) is 11.8 Å². The fourth-order valence-corrected chi connectivity index (χ4v) is 3.50. The first kappa shape index (κ1) is 12.4. The van der Waals surface area contributed by atoms with E-state index in [9.17, 15) is 14.5 Å². The molecule has 2 rings (SSSR count). The third kappa shape index (κ3) is 2.97. The largest absolute Gasteiger partial charge is 0.318 e. The van der Waals surface area contributed by atoms with Crippen LogP contribution in [0.3, 0.4) is 0 Å². The van der Waals surface area contributed by atoms with Crippen molar-refractivity contribution >= 4 is 17.4 Å². The minimum atomic E-state index is -0.740. The molecular formula is C12H14FNO2S. The van der Waals surface area contributed by atoms with Gasteiger partial charge in [0.1, 0.15) is 0 Å². The third-order valence-electron chi connectivity index (χ3n) is 2.98. The molecule has 92 valence electrons. The summed E-state index contributed by atoms with van der Waals surface area (Å²) in [6.07, 6.45) is 5.71. The minimum absolute atomic E-state index is 0.372. The quantitative estimate of drug-likeness (QED) is 0.601. The SMILES string of the molecule is O=[N+]([O-])c1c(F)cccc1SC1CCCCC1. The normalized spacial score (nSPS) is 17.0. The Hall–Kier alpha value is -1.10. The van der Waals surface area contributed by atoms with E-state index in [-0.39, 0.29) is 5.69 Å². The Balaban J connectivity index is 2.19. The summed E-state index contributed by atoms with van der Waals surface area (Å²) in [5.74, 6) is -0.740. The molecule has 17 heavy (non-hydrogen) atoms. The summed E-state index contributed by atoms with van der Waals surface area (Å²) >= 11 is 1.45. The molecule has 0 amide bonds. The van der Waals surface area contributed by atoms with E-state index in [1.165, 1.54) is 37.1 Å². The zero-order valence-electron chi connectivity index (χ0n) is 9.39. The van der Waals surface area contributed by atoms with Gasteiger partial charge in [-0.2, -0.15) is 4.39 Å². The summed E-state index contributed by atoms with van der Waals surface area (Å²) in [6.45, 7) is 0. The second kappa shape index (κ2) is 5.49. The lowest BCUT2D eigenvalue weighted by Gasteiger charge is -2.20. The summed E-state index contributed by atoms with van der Waals surface area (Å²) in [5.41, 5.74) is -0.372. The van der Waals surface area contributed by atoms with Gasteiger partial charge in [0, 0.05) is 5.25 Å². The highest BCUT2D eigenvalue weighted by molar-refractivity contribution is 8.00. The van der Waals surface area contributed by atoms with Crippen LogP contribution in [0.1, 0.15) is 32.1 Å².